The molecule has 116 valence electrons. The highest BCUT2D eigenvalue weighted by Crippen LogP contribution is 2.47. The summed E-state index contributed by atoms with van der Waals surface area (Å²) < 4.78 is 0. The summed E-state index contributed by atoms with van der Waals surface area (Å²) in [6.07, 6.45) is 3.85. The first-order chi connectivity index (χ1) is 9.17. The molecule has 1 heterocycles. The molecule has 2 fully saturated rings. The minimum atomic E-state index is -0.710. The van der Waals surface area contributed by atoms with Gasteiger partial charge in [0, 0.05) is 32.2 Å². The van der Waals surface area contributed by atoms with Gasteiger partial charge in [-0.05, 0) is 30.1 Å². The molecule has 20 heavy (non-hydrogen) atoms. The zero-order valence-corrected chi connectivity index (χ0v) is 13.5. The molecule has 1 saturated carbocycles. The molecule has 0 amide bonds. The predicted octanol–water partition coefficient (Wildman–Crippen LogP) is 2.29. The molecular formula is C16H30N2O2. The number of piperazine rings is 1. The fraction of sp³-hybridized carbons (Fsp3) is 0.938. The second kappa shape index (κ2) is 5.64. The first kappa shape index (κ1) is 15.8. The van der Waals surface area contributed by atoms with Crippen molar-refractivity contribution in [3.05, 3.63) is 0 Å². The van der Waals surface area contributed by atoms with Crippen LogP contribution in [0.2, 0.25) is 0 Å². The summed E-state index contributed by atoms with van der Waals surface area (Å²) in [4.78, 5) is 15.4. The van der Waals surface area contributed by atoms with Gasteiger partial charge in [-0.3, -0.25) is 14.6 Å². The van der Waals surface area contributed by atoms with Crippen LogP contribution in [0.4, 0.5) is 0 Å². The molecule has 1 saturated heterocycles. The van der Waals surface area contributed by atoms with Crippen LogP contribution in [0.25, 0.3) is 0 Å². The quantitative estimate of drug-likeness (QED) is 0.862. The maximum Gasteiger partial charge on any atom is 0.317 e. The highest BCUT2D eigenvalue weighted by molar-refractivity contribution is 5.69. The topological polar surface area (TPSA) is 43.8 Å². The first-order valence-corrected chi connectivity index (χ1v) is 7.85. The third kappa shape index (κ3) is 4.19. The van der Waals surface area contributed by atoms with Crippen molar-refractivity contribution in [2.24, 2.45) is 10.8 Å². The van der Waals surface area contributed by atoms with Crippen LogP contribution in [0.5, 0.6) is 0 Å². The summed E-state index contributed by atoms with van der Waals surface area (Å²) in [7, 11) is 0. The largest absolute Gasteiger partial charge is 0.480 e. The Balaban J connectivity index is 1.91. The number of nitrogens with zero attached hydrogens (tertiary/aromatic N) is 2. The van der Waals surface area contributed by atoms with Gasteiger partial charge in [0.25, 0.3) is 0 Å². The molecule has 0 spiro atoms. The minimum absolute atomic E-state index is 0.190. The molecule has 0 atom stereocenters. The van der Waals surface area contributed by atoms with Gasteiger partial charge in [-0.1, -0.05) is 27.7 Å². The highest BCUT2D eigenvalue weighted by atomic mass is 16.4. The van der Waals surface area contributed by atoms with E-state index in [1.165, 1.54) is 19.3 Å². The van der Waals surface area contributed by atoms with Crippen LogP contribution in [0.3, 0.4) is 0 Å². The van der Waals surface area contributed by atoms with Gasteiger partial charge in [-0.25, -0.2) is 0 Å². The van der Waals surface area contributed by atoms with E-state index in [4.69, 9.17) is 5.11 Å². The van der Waals surface area contributed by atoms with E-state index in [2.05, 4.69) is 37.5 Å². The molecule has 4 heteroatoms. The lowest BCUT2D eigenvalue weighted by atomic mass is 9.63. The van der Waals surface area contributed by atoms with Gasteiger partial charge in [-0.15, -0.1) is 0 Å². The van der Waals surface area contributed by atoms with E-state index in [-0.39, 0.29) is 6.54 Å². The number of hydrogen-bond acceptors (Lipinski definition) is 3. The second-order valence-corrected chi connectivity index (χ2v) is 8.27. The number of aliphatic carboxylic acids is 1. The SMILES string of the molecule is CC1(C)CC(N2CCN(CC(=O)O)CC2)CC(C)(C)C1. The number of hydrogen-bond donors (Lipinski definition) is 1. The Morgan fingerprint density at radius 3 is 2.00 bits per heavy atom. The van der Waals surface area contributed by atoms with E-state index >= 15 is 0 Å². The van der Waals surface area contributed by atoms with Gasteiger partial charge in [-0.2, -0.15) is 0 Å². The van der Waals surface area contributed by atoms with Crippen LogP contribution in [0, 0.1) is 10.8 Å². The smallest absolute Gasteiger partial charge is 0.317 e. The van der Waals surface area contributed by atoms with Gasteiger partial charge >= 0.3 is 5.97 Å². The summed E-state index contributed by atoms with van der Waals surface area (Å²) in [6, 6.07) is 0.667. The molecule has 0 aromatic rings. The van der Waals surface area contributed by atoms with Crippen molar-refractivity contribution >= 4 is 5.97 Å². The Morgan fingerprint density at radius 1 is 1.05 bits per heavy atom. The van der Waals surface area contributed by atoms with Gasteiger partial charge in [0.15, 0.2) is 0 Å². The van der Waals surface area contributed by atoms with Crippen molar-refractivity contribution in [2.75, 3.05) is 32.7 Å². The second-order valence-electron chi connectivity index (χ2n) is 8.27. The van der Waals surface area contributed by atoms with Gasteiger partial charge in [0.2, 0.25) is 0 Å². The molecule has 0 unspecified atom stereocenters. The maximum absolute atomic E-state index is 10.8. The molecule has 2 rings (SSSR count). The summed E-state index contributed by atoms with van der Waals surface area (Å²) in [6.45, 7) is 13.6. The Morgan fingerprint density at radius 2 is 1.55 bits per heavy atom. The van der Waals surface area contributed by atoms with Crippen LogP contribution in [0.1, 0.15) is 47.0 Å². The van der Waals surface area contributed by atoms with Crippen molar-refractivity contribution in [3.8, 4) is 0 Å². The standard InChI is InChI=1S/C16H30N2O2/c1-15(2)9-13(10-16(3,4)12-15)18-7-5-17(6-8-18)11-14(19)20/h13H,5-12H2,1-4H3,(H,19,20). The fourth-order valence-electron chi connectivity index (χ4n) is 4.52. The van der Waals surface area contributed by atoms with E-state index in [0.717, 1.165) is 26.2 Å². The highest BCUT2D eigenvalue weighted by Gasteiger charge is 2.41. The Hall–Kier alpha value is -0.610. The number of carbonyl (C=O) groups is 1. The number of carboxylic acids is 1. The molecule has 0 aromatic carbocycles. The van der Waals surface area contributed by atoms with Crippen molar-refractivity contribution in [3.63, 3.8) is 0 Å². The van der Waals surface area contributed by atoms with E-state index in [1.54, 1.807) is 0 Å². The summed E-state index contributed by atoms with van der Waals surface area (Å²) in [5, 5.41) is 8.86. The molecule has 2 aliphatic rings. The van der Waals surface area contributed by atoms with Crippen molar-refractivity contribution < 1.29 is 9.90 Å². The third-order valence-corrected chi connectivity index (χ3v) is 4.82. The zero-order valence-electron chi connectivity index (χ0n) is 13.5. The Bertz CT molecular complexity index is 341. The first-order valence-electron chi connectivity index (χ1n) is 7.85. The monoisotopic (exact) mass is 282 g/mol. The molecule has 1 aliphatic carbocycles. The average Bonchev–Trinajstić information content (AvgIpc) is 2.24. The van der Waals surface area contributed by atoms with Crippen LogP contribution >= 0.6 is 0 Å². The summed E-state index contributed by atoms with van der Waals surface area (Å²) >= 11 is 0. The van der Waals surface area contributed by atoms with Gasteiger partial charge < -0.3 is 5.11 Å². The van der Waals surface area contributed by atoms with Crippen LogP contribution in [-0.4, -0.2) is 59.6 Å². The van der Waals surface area contributed by atoms with Gasteiger partial charge in [0.05, 0.1) is 6.54 Å². The molecule has 4 nitrogen and oxygen atoms in total. The predicted molar refractivity (Wildman–Crippen MR) is 80.8 cm³/mol. The van der Waals surface area contributed by atoms with Gasteiger partial charge in [0.1, 0.15) is 0 Å². The van der Waals surface area contributed by atoms with E-state index in [9.17, 15) is 4.79 Å². The molecule has 0 radical (unpaired) electrons. The molecule has 1 N–H and O–H groups in total. The zero-order chi connectivity index (χ0) is 15.0. The lowest BCUT2D eigenvalue weighted by molar-refractivity contribution is -0.138. The maximum atomic E-state index is 10.8. The third-order valence-electron chi connectivity index (χ3n) is 4.82. The van der Waals surface area contributed by atoms with E-state index < -0.39 is 5.97 Å². The van der Waals surface area contributed by atoms with Crippen LogP contribution < -0.4 is 0 Å². The lowest BCUT2D eigenvalue weighted by Crippen LogP contribution is -2.54. The Kier molecular flexibility index (Phi) is 4.45. The molecule has 0 aromatic heterocycles. The fourth-order valence-corrected chi connectivity index (χ4v) is 4.52. The van der Waals surface area contributed by atoms with Crippen molar-refractivity contribution in [1.82, 2.24) is 9.80 Å². The normalized spacial score (nSPS) is 28.4. The summed E-state index contributed by atoms with van der Waals surface area (Å²) in [5.74, 6) is -0.710. The lowest BCUT2D eigenvalue weighted by Gasteiger charge is -2.50. The Labute approximate surface area is 123 Å². The number of rotatable bonds is 3. The van der Waals surface area contributed by atoms with E-state index in [0.29, 0.717) is 16.9 Å². The molecule has 0 bridgehead atoms. The van der Waals surface area contributed by atoms with Crippen molar-refractivity contribution in [1.29, 1.82) is 0 Å². The summed E-state index contributed by atoms with van der Waals surface area (Å²) in [5.41, 5.74) is 0.842. The van der Waals surface area contributed by atoms with E-state index in [1.807, 2.05) is 0 Å². The van der Waals surface area contributed by atoms with Crippen molar-refractivity contribution in [2.45, 2.75) is 53.0 Å². The average molecular weight is 282 g/mol. The minimum Gasteiger partial charge on any atom is -0.480 e. The molecule has 1 aliphatic heterocycles. The van der Waals surface area contributed by atoms with Crippen LogP contribution in [-0.2, 0) is 4.79 Å². The van der Waals surface area contributed by atoms with Crippen LogP contribution in [0.15, 0.2) is 0 Å². The number of carboxylic acid groups (broad SMARTS) is 1. The molecular weight excluding hydrogens is 252 g/mol.